The van der Waals surface area contributed by atoms with Gasteiger partial charge in [0.2, 0.25) is 11.8 Å². The fourth-order valence-electron chi connectivity index (χ4n) is 3.92. The average molecular weight is 417 g/mol. The van der Waals surface area contributed by atoms with E-state index in [-0.39, 0.29) is 17.7 Å². The second-order valence-corrected chi connectivity index (χ2v) is 7.91. The van der Waals surface area contributed by atoms with Gasteiger partial charge < -0.3 is 10.2 Å². The highest BCUT2D eigenvalue weighted by atomic mass is 79.9. The molecule has 1 N–H and O–H groups in total. The van der Waals surface area contributed by atoms with Gasteiger partial charge in [0.15, 0.2) is 0 Å². The number of anilines is 1. The number of halogens is 1. The lowest BCUT2D eigenvalue weighted by atomic mass is 10.1. The molecular weight excluding hydrogens is 396 g/mol. The van der Waals surface area contributed by atoms with Crippen molar-refractivity contribution in [3.63, 3.8) is 0 Å². The highest BCUT2D eigenvalue weighted by Crippen LogP contribution is 2.30. The summed E-state index contributed by atoms with van der Waals surface area (Å²) < 4.78 is 2.58. The Labute approximate surface area is 160 Å². The number of carbonyl (C=O) groups excluding carboxylic acids is 2. The van der Waals surface area contributed by atoms with Gasteiger partial charge >= 0.3 is 0 Å². The Morgan fingerprint density at radius 3 is 2.73 bits per heavy atom. The van der Waals surface area contributed by atoms with Crippen LogP contribution in [0.4, 0.5) is 5.69 Å². The summed E-state index contributed by atoms with van der Waals surface area (Å²) in [5.74, 6) is -0.278. The summed E-state index contributed by atoms with van der Waals surface area (Å²) in [6.07, 6.45) is 8.34. The van der Waals surface area contributed by atoms with Gasteiger partial charge in [-0.15, -0.1) is 0 Å². The number of nitrogens with one attached hydrogen (secondary N) is 1. The normalized spacial score (nSPS) is 20.7. The fraction of sp³-hybridized carbons (Fsp3) is 0.421. The van der Waals surface area contributed by atoms with Crippen LogP contribution in [0.5, 0.6) is 0 Å². The maximum absolute atomic E-state index is 12.8. The Balaban J connectivity index is 1.48. The van der Waals surface area contributed by atoms with Crippen molar-refractivity contribution in [2.24, 2.45) is 5.92 Å². The lowest BCUT2D eigenvalue weighted by Gasteiger charge is -2.24. The van der Waals surface area contributed by atoms with Gasteiger partial charge in [-0.2, -0.15) is 5.10 Å². The summed E-state index contributed by atoms with van der Waals surface area (Å²) >= 11 is 3.39. The van der Waals surface area contributed by atoms with Crippen molar-refractivity contribution in [2.45, 2.75) is 38.1 Å². The van der Waals surface area contributed by atoms with Gasteiger partial charge in [-0.3, -0.25) is 9.59 Å². The molecule has 1 aliphatic heterocycles. The number of para-hydroxylation sites is 2. The molecule has 2 aliphatic rings. The molecule has 1 aromatic heterocycles. The van der Waals surface area contributed by atoms with Crippen LogP contribution in [0.25, 0.3) is 5.69 Å². The second-order valence-electron chi connectivity index (χ2n) is 6.99. The van der Waals surface area contributed by atoms with E-state index in [0.717, 1.165) is 23.0 Å². The SMILES string of the molecule is O=C(Nc1ccccc1-n1cc(Br)cn1)C1CC(=O)N(C2CCCC2)C1. The summed E-state index contributed by atoms with van der Waals surface area (Å²) in [5.41, 5.74) is 1.49. The molecule has 2 heterocycles. The van der Waals surface area contributed by atoms with E-state index in [4.69, 9.17) is 0 Å². The highest BCUT2D eigenvalue weighted by molar-refractivity contribution is 9.10. The summed E-state index contributed by atoms with van der Waals surface area (Å²) in [4.78, 5) is 27.1. The summed E-state index contributed by atoms with van der Waals surface area (Å²) in [7, 11) is 0. The van der Waals surface area contributed by atoms with Crippen molar-refractivity contribution < 1.29 is 9.59 Å². The third kappa shape index (κ3) is 3.40. The molecule has 136 valence electrons. The molecular formula is C19H21BrN4O2. The van der Waals surface area contributed by atoms with E-state index in [1.165, 1.54) is 12.8 Å². The van der Waals surface area contributed by atoms with Crippen LogP contribution in [-0.2, 0) is 9.59 Å². The molecule has 2 fully saturated rings. The second kappa shape index (κ2) is 7.23. The van der Waals surface area contributed by atoms with E-state index in [1.54, 1.807) is 10.9 Å². The molecule has 26 heavy (non-hydrogen) atoms. The number of carbonyl (C=O) groups is 2. The van der Waals surface area contributed by atoms with Crippen LogP contribution in [-0.4, -0.2) is 39.1 Å². The Morgan fingerprint density at radius 1 is 1.23 bits per heavy atom. The zero-order valence-electron chi connectivity index (χ0n) is 14.4. The van der Waals surface area contributed by atoms with Crippen LogP contribution >= 0.6 is 15.9 Å². The zero-order valence-corrected chi connectivity index (χ0v) is 16.0. The predicted molar refractivity (Wildman–Crippen MR) is 102 cm³/mol. The van der Waals surface area contributed by atoms with Crippen molar-refractivity contribution in [2.75, 3.05) is 11.9 Å². The molecule has 0 radical (unpaired) electrons. The quantitative estimate of drug-likeness (QED) is 0.830. The van der Waals surface area contributed by atoms with Crippen molar-refractivity contribution in [3.05, 3.63) is 41.1 Å². The molecule has 1 aromatic carbocycles. The van der Waals surface area contributed by atoms with E-state index in [2.05, 4.69) is 26.3 Å². The van der Waals surface area contributed by atoms with E-state index in [9.17, 15) is 9.59 Å². The first-order valence-corrected chi connectivity index (χ1v) is 9.81. The number of nitrogens with zero attached hydrogens (tertiary/aromatic N) is 3. The Hall–Kier alpha value is -2.15. The van der Waals surface area contributed by atoms with Crippen LogP contribution in [0.15, 0.2) is 41.1 Å². The minimum atomic E-state index is -0.291. The number of rotatable bonds is 4. The summed E-state index contributed by atoms with van der Waals surface area (Å²) in [6, 6.07) is 7.87. The van der Waals surface area contributed by atoms with Crippen LogP contribution in [0.1, 0.15) is 32.1 Å². The van der Waals surface area contributed by atoms with Gasteiger partial charge in [-0.1, -0.05) is 25.0 Å². The van der Waals surface area contributed by atoms with Gasteiger partial charge in [0, 0.05) is 25.2 Å². The number of aromatic nitrogens is 2. The van der Waals surface area contributed by atoms with Gasteiger partial charge in [0.25, 0.3) is 0 Å². The molecule has 2 amide bonds. The van der Waals surface area contributed by atoms with Gasteiger partial charge in [0.05, 0.1) is 28.0 Å². The van der Waals surface area contributed by atoms with Crippen molar-refractivity contribution >= 4 is 33.4 Å². The number of hydrogen-bond donors (Lipinski definition) is 1. The van der Waals surface area contributed by atoms with E-state index in [0.29, 0.717) is 24.7 Å². The Kier molecular flexibility index (Phi) is 4.80. The molecule has 1 saturated heterocycles. The van der Waals surface area contributed by atoms with E-state index >= 15 is 0 Å². The minimum Gasteiger partial charge on any atom is -0.339 e. The molecule has 1 aliphatic carbocycles. The molecule has 2 aromatic rings. The molecule has 1 unspecified atom stereocenters. The predicted octanol–water partition coefficient (Wildman–Crippen LogP) is 3.36. The third-order valence-corrected chi connectivity index (χ3v) is 5.66. The largest absolute Gasteiger partial charge is 0.339 e. The first kappa shape index (κ1) is 17.3. The molecule has 1 saturated carbocycles. The van der Waals surface area contributed by atoms with Crippen molar-refractivity contribution in [1.82, 2.24) is 14.7 Å². The molecule has 0 spiro atoms. The number of hydrogen-bond acceptors (Lipinski definition) is 3. The molecule has 7 heteroatoms. The van der Waals surface area contributed by atoms with Crippen LogP contribution in [0.3, 0.4) is 0 Å². The molecule has 6 nitrogen and oxygen atoms in total. The van der Waals surface area contributed by atoms with Crippen molar-refractivity contribution in [3.8, 4) is 5.69 Å². The molecule has 0 bridgehead atoms. The maximum Gasteiger partial charge on any atom is 0.229 e. The lowest BCUT2D eigenvalue weighted by molar-refractivity contribution is -0.129. The minimum absolute atomic E-state index is 0.0995. The lowest BCUT2D eigenvalue weighted by Crippen LogP contribution is -2.35. The smallest absolute Gasteiger partial charge is 0.229 e. The molecule has 1 atom stereocenters. The Bertz CT molecular complexity index is 828. The number of benzene rings is 1. The number of likely N-dealkylation sites (tertiary alicyclic amines) is 1. The standard InChI is InChI=1S/C19H21BrN4O2/c20-14-10-21-24(12-14)17-8-4-3-7-16(17)22-19(26)13-9-18(25)23(11-13)15-5-1-2-6-15/h3-4,7-8,10,12-13,15H,1-2,5-6,9,11H2,(H,22,26). The number of amides is 2. The Morgan fingerprint density at radius 2 is 2.00 bits per heavy atom. The van der Waals surface area contributed by atoms with Crippen LogP contribution < -0.4 is 5.32 Å². The van der Waals surface area contributed by atoms with Crippen molar-refractivity contribution in [1.29, 1.82) is 0 Å². The highest BCUT2D eigenvalue weighted by Gasteiger charge is 2.38. The van der Waals surface area contributed by atoms with Crippen LogP contribution in [0, 0.1) is 5.92 Å². The van der Waals surface area contributed by atoms with Gasteiger partial charge in [0.1, 0.15) is 0 Å². The fourth-order valence-corrected chi connectivity index (χ4v) is 4.21. The maximum atomic E-state index is 12.8. The monoisotopic (exact) mass is 416 g/mol. The van der Waals surface area contributed by atoms with Crippen LogP contribution in [0.2, 0.25) is 0 Å². The third-order valence-electron chi connectivity index (χ3n) is 5.25. The first-order chi connectivity index (χ1) is 12.6. The van der Waals surface area contributed by atoms with E-state index in [1.807, 2.05) is 35.4 Å². The first-order valence-electron chi connectivity index (χ1n) is 9.02. The average Bonchev–Trinajstić information content (AvgIpc) is 3.36. The van der Waals surface area contributed by atoms with Gasteiger partial charge in [-0.25, -0.2) is 4.68 Å². The zero-order chi connectivity index (χ0) is 18.1. The topological polar surface area (TPSA) is 67.2 Å². The summed E-state index contributed by atoms with van der Waals surface area (Å²) in [6.45, 7) is 0.533. The van der Waals surface area contributed by atoms with E-state index < -0.39 is 0 Å². The molecule has 4 rings (SSSR count). The van der Waals surface area contributed by atoms with Gasteiger partial charge in [-0.05, 0) is 40.9 Å². The summed E-state index contributed by atoms with van der Waals surface area (Å²) in [5, 5.41) is 7.28.